The first-order valence-electron chi connectivity index (χ1n) is 8.52. The number of fused-ring (bicyclic) bond motifs is 1. The van der Waals surface area contributed by atoms with Crippen molar-refractivity contribution in [2.75, 3.05) is 29.1 Å². The van der Waals surface area contributed by atoms with Gasteiger partial charge in [-0.1, -0.05) is 0 Å². The van der Waals surface area contributed by atoms with Crippen molar-refractivity contribution >= 4 is 47.0 Å². The number of primary amides is 1. The first-order valence-corrected chi connectivity index (χ1v) is 9.57. The van der Waals surface area contributed by atoms with Crippen molar-refractivity contribution in [2.45, 2.75) is 18.3 Å². The topological polar surface area (TPSA) is 159 Å². The van der Waals surface area contributed by atoms with Crippen LogP contribution in [-0.4, -0.2) is 64.1 Å². The molecular formula is C17H21N5O5S. The number of hydrogen-bond donors (Lipinski definition) is 4. The number of carboxylic acids is 1. The number of β-lactam (4-membered cyclic amide) rings is 1. The van der Waals surface area contributed by atoms with Crippen LogP contribution in [0.4, 0.5) is 16.2 Å². The van der Waals surface area contributed by atoms with Crippen LogP contribution in [0.3, 0.4) is 0 Å². The number of rotatable bonds is 5. The van der Waals surface area contributed by atoms with Crippen molar-refractivity contribution in [3.63, 3.8) is 0 Å². The second kappa shape index (κ2) is 7.32. The lowest BCUT2D eigenvalue weighted by Gasteiger charge is -2.55. The number of urea groups is 1. The van der Waals surface area contributed by atoms with Crippen LogP contribution in [0.1, 0.15) is 6.92 Å². The van der Waals surface area contributed by atoms with E-state index in [1.165, 1.54) is 21.6 Å². The molecule has 10 nitrogen and oxygen atoms in total. The molecule has 2 fully saturated rings. The van der Waals surface area contributed by atoms with Crippen molar-refractivity contribution < 1.29 is 24.3 Å². The molecule has 0 spiro atoms. The highest BCUT2D eigenvalue weighted by Crippen LogP contribution is 2.44. The maximum atomic E-state index is 12.8. The third-order valence-corrected chi connectivity index (χ3v) is 6.51. The molecule has 0 bridgehead atoms. The summed E-state index contributed by atoms with van der Waals surface area (Å²) in [6.45, 7) is 1.42. The van der Waals surface area contributed by atoms with Gasteiger partial charge in [0.1, 0.15) is 11.4 Å². The van der Waals surface area contributed by atoms with Gasteiger partial charge in [0.25, 0.3) is 0 Å². The Hall–Kier alpha value is -2.79. The Labute approximate surface area is 165 Å². The molecule has 2 unspecified atom stereocenters. The molecule has 0 aromatic heterocycles. The number of nitrogens with one attached hydrogen (secondary N) is 1. The molecule has 150 valence electrons. The predicted molar refractivity (Wildman–Crippen MR) is 104 cm³/mol. The predicted octanol–water partition coefficient (Wildman–Crippen LogP) is -0.156. The molecule has 28 heavy (non-hydrogen) atoms. The van der Waals surface area contributed by atoms with Gasteiger partial charge in [-0.05, 0) is 31.2 Å². The molecule has 2 aliphatic heterocycles. The highest BCUT2D eigenvalue weighted by atomic mass is 32.2. The van der Waals surface area contributed by atoms with Gasteiger partial charge in [-0.15, -0.1) is 11.8 Å². The molecule has 2 saturated heterocycles. The first-order chi connectivity index (χ1) is 13.2. The van der Waals surface area contributed by atoms with Crippen LogP contribution in [0.2, 0.25) is 0 Å². The monoisotopic (exact) mass is 407 g/mol. The summed E-state index contributed by atoms with van der Waals surface area (Å²) < 4.78 is 0. The quantitative estimate of drug-likeness (QED) is 0.494. The number of amides is 4. The molecule has 4 amide bonds. The summed E-state index contributed by atoms with van der Waals surface area (Å²) in [5.41, 5.74) is 10.5. The van der Waals surface area contributed by atoms with Gasteiger partial charge in [0.2, 0.25) is 11.8 Å². The van der Waals surface area contributed by atoms with Gasteiger partial charge >= 0.3 is 12.0 Å². The number of nitrogens with zero attached hydrogens (tertiary/aromatic N) is 2. The lowest BCUT2D eigenvalue weighted by atomic mass is 9.89. The van der Waals surface area contributed by atoms with Gasteiger partial charge in [-0.25, -0.2) is 4.79 Å². The summed E-state index contributed by atoms with van der Waals surface area (Å²) in [5.74, 6) is -1.37. The number of carbonyl (C=O) groups is 4. The van der Waals surface area contributed by atoms with E-state index < -0.39 is 29.4 Å². The summed E-state index contributed by atoms with van der Waals surface area (Å²) in [6.07, 6.45) is 0. The number of nitrogens with two attached hydrogens (primary N) is 2. The number of benzene rings is 1. The van der Waals surface area contributed by atoms with Crippen LogP contribution < -0.4 is 21.7 Å². The summed E-state index contributed by atoms with van der Waals surface area (Å²) in [4.78, 5) is 50.5. The zero-order chi connectivity index (χ0) is 20.6. The fraction of sp³-hybridized carbons (Fsp3) is 0.412. The van der Waals surface area contributed by atoms with E-state index in [0.717, 1.165) is 0 Å². The second-order valence-electron chi connectivity index (χ2n) is 6.98. The lowest BCUT2D eigenvalue weighted by molar-refractivity contribution is -0.156. The van der Waals surface area contributed by atoms with Gasteiger partial charge in [0.05, 0.1) is 12.0 Å². The fourth-order valence-corrected chi connectivity index (χ4v) is 4.85. The SMILES string of the molecule is CC1(C(=O)O)CS[C@@H]2C(N(C(=O)CN)c3ccc(NC(N)=O)cc3)C(=O)N2C1. The summed E-state index contributed by atoms with van der Waals surface area (Å²) >= 11 is 1.34. The minimum atomic E-state index is -1.02. The number of anilines is 2. The zero-order valence-corrected chi connectivity index (χ0v) is 15.9. The van der Waals surface area contributed by atoms with Gasteiger partial charge in [0, 0.05) is 23.7 Å². The smallest absolute Gasteiger partial charge is 0.316 e. The van der Waals surface area contributed by atoms with E-state index in [-0.39, 0.29) is 24.4 Å². The zero-order valence-electron chi connectivity index (χ0n) is 15.1. The third-order valence-electron chi connectivity index (χ3n) is 4.86. The van der Waals surface area contributed by atoms with E-state index in [1.807, 2.05) is 0 Å². The lowest BCUT2D eigenvalue weighted by Crippen LogP contribution is -2.74. The molecule has 3 atom stereocenters. The third kappa shape index (κ3) is 3.38. The largest absolute Gasteiger partial charge is 0.481 e. The molecule has 1 aromatic carbocycles. The van der Waals surface area contributed by atoms with E-state index in [4.69, 9.17) is 11.5 Å². The van der Waals surface area contributed by atoms with Crippen molar-refractivity contribution in [1.82, 2.24) is 4.90 Å². The average Bonchev–Trinajstić information content (AvgIpc) is 2.66. The van der Waals surface area contributed by atoms with E-state index in [1.54, 1.807) is 31.2 Å². The minimum Gasteiger partial charge on any atom is -0.481 e. The summed E-state index contributed by atoms with van der Waals surface area (Å²) in [7, 11) is 0. The number of thioether (sulfide) groups is 1. The maximum absolute atomic E-state index is 12.8. The van der Waals surface area contributed by atoms with Gasteiger partial charge < -0.3 is 26.8 Å². The van der Waals surface area contributed by atoms with Crippen molar-refractivity contribution in [2.24, 2.45) is 16.9 Å². The molecule has 0 saturated carbocycles. The molecular weight excluding hydrogens is 386 g/mol. The van der Waals surface area contributed by atoms with Crippen molar-refractivity contribution in [1.29, 1.82) is 0 Å². The molecule has 2 heterocycles. The van der Waals surface area contributed by atoms with Crippen LogP contribution >= 0.6 is 11.8 Å². The Kier molecular flexibility index (Phi) is 5.22. The summed E-state index contributed by atoms with van der Waals surface area (Å²) in [5, 5.41) is 11.5. The van der Waals surface area contributed by atoms with Crippen LogP contribution in [0.5, 0.6) is 0 Å². The average molecular weight is 407 g/mol. The Balaban J connectivity index is 1.84. The maximum Gasteiger partial charge on any atom is 0.316 e. The van der Waals surface area contributed by atoms with Gasteiger partial charge in [-0.2, -0.15) is 0 Å². The summed E-state index contributed by atoms with van der Waals surface area (Å²) in [6, 6.07) is 4.83. The molecule has 2 aliphatic rings. The number of aliphatic carboxylic acids is 1. The van der Waals surface area contributed by atoms with E-state index in [2.05, 4.69) is 5.32 Å². The molecule has 11 heteroatoms. The first kappa shape index (κ1) is 20.0. The van der Waals surface area contributed by atoms with Crippen LogP contribution in [0.15, 0.2) is 24.3 Å². The van der Waals surface area contributed by atoms with Gasteiger partial charge in [0.15, 0.2) is 0 Å². The molecule has 0 radical (unpaired) electrons. The Morgan fingerprint density at radius 1 is 1.36 bits per heavy atom. The Morgan fingerprint density at radius 3 is 2.54 bits per heavy atom. The van der Waals surface area contributed by atoms with Crippen molar-refractivity contribution in [3.8, 4) is 0 Å². The number of carboxylic acid groups (broad SMARTS) is 1. The normalized spacial score (nSPS) is 26.1. The highest BCUT2D eigenvalue weighted by Gasteiger charge is 2.58. The van der Waals surface area contributed by atoms with Crippen LogP contribution in [0.25, 0.3) is 0 Å². The molecule has 0 aliphatic carbocycles. The van der Waals surface area contributed by atoms with E-state index >= 15 is 0 Å². The number of carbonyl (C=O) groups excluding carboxylic acids is 3. The van der Waals surface area contributed by atoms with E-state index in [9.17, 15) is 24.3 Å². The molecule has 6 N–H and O–H groups in total. The van der Waals surface area contributed by atoms with Gasteiger partial charge in [-0.3, -0.25) is 19.3 Å². The fourth-order valence-electron chi connectivity index (χ4n) is 3.32. The van der Waals surface area contributed by atoms with E-state index in [0.29, 0.717) is 17.1 Å². The minimum absolute atomic E-state index is 0.0987. The molecule has 3 rings (SSSR count). The second-order valence-corrected chi connectivity index (χ2v) is 8.09. The van der Waals surface area contributed by atoms with Crippen molar-refractivity contribution in [3.05, 3.63) is 24.3 Å². The Morgan fingerprint density at radius 2 is 2.00 bits per heavy atom. The van der Waals surface area contributed by atoms with Crippen LogP contribution in [-0.2, 0) is 14.4 Å². The number of hydrogen-bond acceptors (Lipinski definition) is 6. The van der Waals surface area contributed by atoms with Crippen LogP contribution in [0, 0.1) is 5.41 Å². The highest BCUT2D eigenvalue weighted by molar-refractivity contribution is 8.00. The molecule has 1 aromatic rings. The standard InChI is InChI=1S/C17H21N5O5S/c1-17(15(25)26)7-21-13(24)12(14(21)28-8-17)22(11(23)6-18)10-4-2-9(3-5-10)20-16(19)27/h2-5,12,14H,6-8,18H2,1H3,(H,25,26)(H3,19,20,27)/t12?,14-,17?/m1/s1. The Bertz CT molecular complexity index is 832.